The van der Waals surface area contributed by atoms with Crippen molar-refractivity contribution in [2.45, 2.75) is 53.7 Å². The molecule has 0 unspecified atom stereocenters. The Labute approximate surface area is 124 Å². The SMILES string of the molecule is NC1(C(=O)NCC2(Sc3ccccc3)CCCC2)CC1. The molecule has 3 rings (SSSR count). The minimum atomic E-state index is -0.558. The van der Waals surface area contributed by atoms with Crippen LogP contribution < -0.4 is 11.1 Å². The Kier molecular flexibility index (Phi) is 3.78. The lowest BCUT2D eigenvalue weighted by molar-refractivity contribution is -0.123. The molecule has 0 aromatic heterocycles. The smallest absolute Gasteiger partial charge is 0.240 e. The highest BCUT2D eigenvalue weighted by molar-refractivity contribution is 8.00. The maximum atomic E-state index is 12.0. The molecule has 0 spiro atoms. The molecule has 1 amide bonds. The van der Waals surface area contributed by atoms with Gasteiger partial charge in [0.25, 0.3) is 0 Å². The number of hydrogen-bond acceptors (Lipinski definition) is 3. The van der Waals surface area contributed by atoms with Gasteiger partial charge in [0.05, 0.1) is 5.54 Å². The van der Waals surface area contributed by atoms with Crippen LogP contribution in [0.15, 0.2) is 35.2 Å². The van der Waals surface area contributed by atoms with Crippen LogP contribution in [-0.2, 0) is 4.79 Å². The fraction of sp³-hybridized carbons (Fsp3) is 0.562. The van der Waals surface area contributed by atoms with E-state index in [1.807, 2.05) is 17.8 Å². The van der Waals surface area contributed by atoms with Crippen LogP contribution in [0.3, 0.4) is 0 Å². The van der Waals surface area contributed by atoms with Crippen molar-refractivity contribution in [1.29, 1.82) is 0 Å². The summed E-state index contributed by atoms with van der Waals surface area (Å²) < 4.78 is 0.155. The van der Waals surface area contributed by atoms with Crippen molar-refractivity contribution in [2.24, 2.45) is 5.73 Å². The summed E-state index contributed by atoms with van der Waals surface area (Å²) in [5, 5.41) is 3.10. The predicted molar refractivity (Wildman–Crippen MR) is 82.7 cm³/mol. The molecule has 0 heterocycles. The normalized spacial score (nSPS) is 22.4. The first-order valence-corrected chi connectivity index (χ1v) is 8.25. The van der Waals surface area contributed by atoms with E-state index in [4.69, 9.17) is 5.73 Å². The molecule has 0 aliphatic heterocycles. The molecule has 0 radical (unpaired) electrons. The summed E-state index contributed by atoms with van der Waals surface area (Å²) in [6, 6.07) is 10.5. The van der Waals surface area contributed by atoms with E-state index >= 15 is 0 Å². The standard InChI is InChI=1S/C16H22N2OS/c17-16(10-11-16)14(19)18-12-15(8-4-5-9-15)20-13-6-2-1-3-7-13/h1-3,6-7H,4-5,8-12,17H2,(H,18,19). The Hall–Kier alpha value is -1.00. The van der Waals surface area contributed by atoms with Gasteiger partial charge < -0.3 is 11.1 Å². The van der Waals surface area contributed by atoms with E-state index in [0.29, 0.717) is 0 Å². The van der Waals surface area contributed by atoms with Crippen molar-refractivity contribution in [3.05, 3.63) is 30.3 Å². The maximum Gasteiger partial charge on any atom is 0.240 e. The fourth-order valence-corrected chi connectivity index (χ4v) is 4.28. The minimum Gasteiger partial charge on any atom is -0.353 e. The molecule has 2 aliphatic rings. The number of hydrogen-bond donors (Lipinski definition) is 2. The number of carbonyl (C=O) groups excluding carboxylic acids is 1. The molecule has 0 saturated heterocycles. The Morgan fingerprint density at radius 3 is 2.40 bits per heavy atom. The minimum absolute atomic E-state index is 0.0393. The van der Waals surface area contributed by atoms with E-state index in [2.05, 4.69) is 29.6 Å². The van der Waals surface area contributed by atoms with Crippen LogP contribution in [0.5, 0.6) is 0 Å². The Morgan fingerprint density at radius 2 is 1.80 bits per heavy atom. The fourth-order valence-electron chi connectivity index (χ4n) is 2.85. The average Bonchev–Trinajstić information content (AvgIpc) is 3.05. The van der Waals surface area contributed by atoms with E-state index in [9.17, 15) is 4.79 Å². The molecule has 1 aromatic rings. The first kappa shape index (κ1) is 14.0. The van der Waals surface area contributed by atoms with Gasteiger partial charge in [-0.2, -0.15) is 0 Å². The number of benzene rings is 1. The number of amides is 1. The number of nitrogens with two attached hydrogens (primary N) is 1. The average molecular weight is 290 g/mol. The quantitative estimate of drug-likeness (QED) is 0.876. The number of thioether (sulfide) groups is 1. The monoisotopic (exact) mass is 290 g/mol. The van der Waals surface area contributed by atoms with Crippen LogP contribution in [0, 0.1) is 0 Å². The third kappa shape index (κ3) is 3.01. The van der Waals surface area contributed by atoms with Gasteiger partial charge in [-0.15, -0.1) is 11.8 Å². The van der Waals surface area contributed by atoms with Gasteiger partial charge in [0, 0.05) is 16.2 Å². The molecule has 1 aromatic carbocycles. The van der Waals surface area contributed by atoms with Gasteiger partial charge in [0.1, 0.15) is 0 Å². The molecule has 2 fully saturated rings. The van der Waals surface area contributed by atoms with E-state index in [1.165, 1.54) is 30.6 Å². The topological polar surface area (TPSA) is 55.1 Å². The molecule has 108 valence electrons. The highest BCUT2D eigenvalue weighted by atomic mass is 32.2. The van der Waals surface area contributed by atoms with E-state index < -0.39 is 5.54 Å². The molecule has 0 bridgehead atoms. The van der Waals surface area contributed by atoms with Crippen molar-refractivity contribution in [2.75, 3.05) is 6.54 Å². The lowest BCUT2D eigenvalue weighted by Gasteiger charge is -2.29. The summed E-state index contributed by atoms with van der Waals surface area (Å²) in [6.45, 7) is 0.740. The number of carbonyl (C=O) groups is 1. The van der Waals surface area contributed by atoms with E-state index in [1.54, 1.807) is 0 Å². The van der Waals surface area contributed by atoms with Gasteiger partial charge in [-0.3, -0.25) is 4.79 Å². The predicted octanol–water partition coefficient (Wildman–Crippen LogP) is 2.70. The van der Waals surface area contributed by atoms with Gasteiger partial charge in [-0.25, -0.2) is 0 Å². The van der Waals surface area contributed by atoms with Gasteiger partial charge >= 0.3 is 0 Å². The molecule has 2 saturated carbocycles. The number of nitrogens with one attached hydrogen (secondary N) is 1. The first-order valence-electron chi connectivity index (χ1n) is 7.43. The van der Waals surface area contributed by atoms with Crippen LogP contribution in [0.4, 0.5) is 0 Å². The molecular weight excluding hydrogens is 268 g/mol. The van der Waals surface area contributed by atoms with E-state index in [0.717, 1.165) is 19.4 Å². The maximum absolute atomic E-state index is 12.0. The summed E-state index contributed by atoms with van der Waals surface area (Å²) in [5.74, 6) is 0.0393. The van der Waals surface area contributed by atoms with Gasteiger partial charge in [0.2, 0.25) is 5.91 Å². The lowest BCUT2D eigenvalue weighted by atomic mass is 10.1. The highest BCUT2D eigenvalue weighted by Gasteiger charge is 2.46. The Bertz CT molecular complexity index is 479. The van der Waals surface area contributed by atoms with Gasteiger partial charge in [0.15, 0.2) is 0 Å². The van der Waals surface area contributed by atoms with E-state index in [-0.39, 0.29) is 10.7 Å². The largest absolute Gasteiger partial charge is 0.353 e. The zero-order valence-corrected chi connectivity index (χ0v) is 12.5. The summed E-state index contributed by atoms with van der Waals surface area (Å²) >= 11 is 1.92. The molecule has 20 heavy (non-hydrogen) atoms. The molecule has 2 aliphatic carbocycles. The third-order valence-corrected chi connectivity index (χ3v) is 5.90. The molecule has 3 N–H and O–H groups in total. The van der Waals surface area contributed by atoms with Crippen molar-refractivity contribution in [3.8, 4) is 0 Å². The molecule has 3 nitrogen and oxygen atoms in total. The summed E-state index contributed by atoms with van der Waals surface area (Å²) in [7, 11) is 0. The zero-order chi connectivity index (χ0) is 14.1. The Morgan fingerprint density at radius 1 is 1.15 bits per heavy atom. The summed E-state index contributed by atoms with van der Waals surface area (Å²) in [6.07, 6.45) is 6.51. The summed E-state index contributed by atoms with van der Waals surface area (Å²) in [4.78, 5) is 13.3. The van der Waals surface area contributed by atoms with Crippen LogP contribution in [0.1, 0.15) is 38.5 Å². The second kappa shape index (κ2) is 5.41. The van der Waals surface area contributed by atoms with Crippen LogP contribution >= 0.6 is 11.8 Å². The summed E-state index contributed by atoms with van der Waals surface area (Å²) in [5.41, 5.74) is 5.39. The van der Waals surface area contributed by atoms with Gasteiger partial charge in [-0.1, -0.05) is 31.0 Å². The molecule has 4 heteroatoms. The van der Waals surface area contributed by atoms with Crippen molar-refractivity contribution >= 4 is 17.7 Å². The third-order valence-electron chi connectivity index (χ3n) is 4.40. The van der Waals surface area contributed by atoms with Crippen molar-refractivity contribution in [3.63, 3.8) is 0 Å². The van der Waals surface area contributed by atoms with Gasteiger partial charge in [-0.05, 0) is 37.8 Å². The lowest BCUT2D eigenvalue weighted by Crippen LogP contribution is -2.47. The van der Waals surface area contributed by atoms with Crippen LogP contribution in [0.2, 0.25) is 0 Å². The second-order valence-electron chi connectivity index (χ2n) is 6.14. The second-order valence-corrected chi connectivity index (χ2v) is 7.69. The molecule has 0 atom stereocenters. The zero-order valence-electron chi connectivity index (χ0n) is 11.7. The van der Waals surface area contributed by atoms with Crippen molar-refractivity contribution in [1.82, 2.24) is 5.32 Å². The highest BCUT2D eigenvalue weighted by Crippen LogP contribution is 2.45. The Balaban J connectivity index is 1.64. The van der Waals surface area contributed by atoms with Crippen LogP contribution in [0.25, 0.3) is 0 Å². The van der Waals surface area contributed by atoms with Crippen LogP contribution in [-0.4, -0.2) is 22.7 Å². The first-order chi connectivity index (χ1) is 9.62. The van der Waals surface area contributed by atoms with Crippen molar-refractivity contribution < 1.29 is 4.79 Å². The molecular formula is C16H22N2OS. The number of rotatable bonds is 5.